The van der Waals surface area contributed by atoms with Crippen molar-refractivity contribution in [3.05, 3.63) is 42.1 Å². The minimum absolute atomic E-state index is 0.235. The highest BCUT2D eigenvalue weighted by molar-refractivity contribution is 7.92. The van der Waals surface area contributed by atoms with Gasteiger partial charge in [-0.2, -0.15) is 13.2 Å². The van der Waals surface area contributed by atoms with E-state index in [9.17, 15) is 21.6 Å². The summed E-state index contributed by atoms with van der Waals surface area (Å²) in [6.45, 7) is 1.96. The molecule has 2 aromatic rings. The predicted molar refractivity (Wildman–Crippen MR) is 68.2 cm³/mol. The molecule has 21 heavy (non-hydrogen) atoms. The second-order valence-corrected chi connectivity index (χ2v) is 6.13. The maximum absolute atomic E-state index is 12.4. The number of sulfone groups is 1. The van der Waals surface area contributed by atoms with Crippen LogP contribution in [0.15, 0.2) is 39.8 Å². The lowest BCUT2D eigenvalue weighted by molar-refractivity contribution is -0.0436. The topological polar surface area (TPSA) is 72.2 Å². The number of nitrogens with one attached hydrogen (secondary N) is 1. The number of benzene rings is 1. The fraction of sp³-hybridized carbons (Fsp3) is 0.250. The Morgan fingerprint density at radius 2 is 1.86 bits per heavy atom. The van der Waals surface area contributed by atoms with Crippen LogP contribution in [-0.4, -0.2) is 18.9 Å². The minimum Gasteiger partial charge on any atom is -0.444 e. The first-order chi connectivity index (χ1) is 9.70. The maximum Gasteiger partial charge on any atom is 0.501 e. The Bertz CT molecular complexity index is 721. The molecule has 0 aliphatic rings. The molecule has 9 heteroatoms. The Morgan fingerprint density at radius 3 is 2.33 bits per heavy atom. The van der Waals surface area contributed by atoms with E-state index in [4.69, 9.17) is 4.42 Å². The third-order valence-electron chi connectivity index (χ3n) is 2.58. The molecule has 0 radical (unpaired) electrons. The monoisotopic (exact) mass is 320 g/mol. The van der Waals surface area contributed by atoms with E-state index >= 15 is 0 Å². The van der Waals surface area contributed by atoms with Gasteiger partial charge in [0.05, 0.1) is 17.6 Å². The number of anilines is 1. The van der Waals surface area contributed by atoms with E-state index in [2.05, 4.69) is 10.3 Å². The first-order valence-electron chi connectivity index (χ1n) is 5.77. The average molecular weight is 320 g/mol. The molecule has 0 amide bonds. The van der Waals surface area contributed by atoms with Crippen molar-refractivity contribution in [2.24, 2.45) is 0 Å². The second kappa shape index (κ2) is 5.40. The average Bonchev–Trinajstić information content (AvgIpc) is 2.81. The highest BCUT2D eigenvalue weighted by Crippen LogP contribution is 2.30. The highest BCUT2D eigenvalue weighted by atomic mass is 32.2. The molecular weight excluding hydrogens is 309 g/mol. The van der Waals surface area contributed by atoms with Gasteiger partial charge in [0.2, 0.25) is 5.89 Å². The van der Waals surface area contributed by atoms with Crippen molar-refractivity contribution < 1.29 is 26.0 Å². The SMILES string of the molecule is Cc1cnc(CNc2ccc(S(=O)(=O)C(F)(F)F)cc2)o1. The van der Waals surface area contributed by atoms with Gasteiger partial charge in [0.1, 0.15) is 5.76 Å². The van der Waals surface area contributed by atoms with Crippen LogP contribution >= 0.6 is 0 Å². The van der Waals surface area contributed by atoms with Gasteiger partial charge < -0.3 is 9.73 Å². The van der Waals surface area contributed by atoms with Crippen molar-refractivity contribution in [1.82, 2.24) is 4.98 Å². The van der Waals surface area contributed by atoms with Crippen LogP contribution < -0.4 is 5.32 Å². The number of halogens is 3. The van der Waals surface area contributed by atoms with Crippen molar-refractivity contribution in [3.8, 4) is 0 Å². The van der Waals surface area contributed by atoms with Gasteiger partial charge in [-0.25, -0.2) is 13.4 Å². The molecule has 0 atom stereocenters. The summed E-state index contributed by atoms with van der Waals surface area (Å²) in [6, 6.07) is 4.28. The van der Waals surface area contributed by atoms with Crippen LogP contribution in [0.3, 0.4) is 0 Å². The van der Waals surface area contributed by atoms with Gasteiger partial charge in [-0.15, -0.1) is 0 Å². The van der Waals surface area contributed by atoms with E-state index in [0.717, 1.165) is 12.1 Å². The fourth-order valence-electron chi connectivity index (χ4n) is 1.55. The molecule has 0 spiro atoms. The third-order valence-corrected chi connectivity index (χ3v) is 4.08. The van der Waals surface area contributed by atoms with Crippen LogP contribution in [0.1, 0.15) is 11.7 Å². The number of hydrogen-bond donors (Lipinski definition) is 1. The Balaban J connectivity index is 2.09. The van der Waals surface area contributed by atoms with Gasteiger partial charge in [-0.3, -0.25) is 0 Å². The summed E-state index contributed by atoms with van der Waals surface area (Å²) in [7, 11) is -5.32. The first kappa shape index (κ1) is 15.4. The van der Waals surface area contributed by atoms with E-state index in [0.29, 0.717) is 17.3 Å². The molecule has 0 fully saturated rings. The maximum atomic E-state index is 12.4. The Morgan fingerprint density at radius 1 is 1.24 bits per heavy atom. The van der Waals surface area contributed by atoms with Gasteiger partial charge in [-0.05, 0) is 31.2 Å². The van der Waals surface area contributed by atoms with Gasteiger partial charge in [0, 0.05) is 5.69 Å². The van der Waals surface area contributed by atoms with Crippen LogP contribution in [0, 0.1) is 6.92 Å². The largest absolute Gasteiger partial charge is 0.501 e. The molecule has 2 rings (SSSR count). The lowest BCUT2D eigenvalue weighted by Crippen LogP contribution is -2.23. The summed E-state index contributed by atoms with van der Waals surface area (Å²) in [5.74, 6) is 1.05. The van der Waals surface area contributed by atoms with E-state index in [1.165, 1.54) is 18.3 Å². The summed E-state index contributed by atoms with van der Waals surface area (Å²) in [6.07, 6.45) is 1.54. The molecule has 0 aliphatic heterocycles. The first-order valence-corrected chi connectivity index (χ1v) is 7.25. The third kappa shape index (κ3) is 3.35. The van der Waals surface area contributed by atoms with E-state index in [1.807, 2.05) is 0 Å². The van der Waals surface area contributed by atoms with Crippen molar-refractivity contribution in [1.29, 1.82) is 0 Å². The summed E-state index contributed by atoms with van der Waals surface area (Å²) in [5, 5.41) is 2.86. The number of alkyl halides is 3. The number of aromatic nitrogens is 1. The van der Waals surface area contributed by atoms with Crippen LogP contribution in [-0.2, 0) is 16.4 Å². The highest BCUT2D eigenvalue weighted by Gasteiger charge is 2.46. The quantitative estimate of drug-likeness (QED) is 0.938. The van der Waals surface area contributed by atoms with Crippen molar-refractivity contribution in [3.63, 3.8) is 0 Å². The molecule has 0 saturated heterocycles. The zero-order valence-corrected chi connectivity index (χ0v) is 11.6. The molecule has 0 aliphatic carbocycles. The molecule has 114 valence electrons. The van der Waals surface area contributed by atoms with Crippen LogP contribution in [0.4, 0.5) is 18.9 Å². The molecule has 0 saturated carbocycles. The van der Waals surface area contributed by atoms with E-state index in [1.54, 1.807) is 6.92 Å². The summed E-state index contributed by atoms with van der Waals surface area (Å²) in [4.78, 5) is 3.15. The number of oxazole rings is 1. The fourth-order valence-corrected chi connectivity index (χ4v) is 2.31. The zero-order valence-electron chi connectivity index (χ0n) is 10.8. The Kier molecular flexibility index (Phi) is 3.95. The number of rotatable bonds is 4. The van der Waals surface area contributed by atoms with Gasteiger partial charge in [0.15, 0.2) is 0 Å². The predicted octanol–water partition coefficient (Wildman–Crippen LogP) is 2.89. The standard InChI is InChI=1S/C12H11F3N2O3S/c1-8-6-17-11(20-8)7-16-9-2-4-10(5-3-9)21(18,19)12(13,14)15/h2-6,16H,7H2,1H3. The van der Waals surface area contributed by atoms with Crippen molar-refractivity contribution in [2.45, 2.75) is 23.9 Å². The molecule has 1 heterocycles. The lowest BCUT2D eigenvalue weighted by Gasteiger charge is -2.09. The van der Waals surface area contributed by atoms with Gasteiger partial charge in [-0.1, -0.05) is 0 Å². The molecule has 1 aromatic heterocycles. The van der Waals surface area contributed by atoms with Crippen LogP contribution in [0.25, 0.3) is 0 Å². The number of hydrogen-bond acceptors (Lipinski definition) is 5. The molecule has 5 nitrogen and oxygen atoms in total. The van der Waals surface area contributed by atoms with E-state index < -0.39 is 20.2 Å². The van der Waals surface area contributed by atoms with Gasteiger partial charge >= 0.3 is 5.51 Å². The second-order valence-electron chi connectivity index (χ2n) is 4.19. The molecule has 1 aromatic carbocycles. The normalized spacial score (nSPS) is 12.4. The van der Waals surface area contributed by atoms with Gasteiger partial charge in [0.25, 0.3) is 9.84 Å². The van der Waals surface area contributed by atoms with Crippen molar-refractivity contribution >= 4 is 15.5 Å². The Labute approximate surface area is 118 Å². The van der Waals surface area contributed by atoms with Crippen LogP contribution in [0.5, 0.6) is 0 Å². The number of nitrogens with zero attached hydrogens (tertiary/aromatic N) is 1. The smallest absolute Gasteiger partial charge is 0.444 e. The Hall–Kier alpha value is -2.03. The lowest BCUT2D eigenvalue weighted by atomic mass is 10.3. The molecule has 0 unspecified atom stereocenters. The summed E-state index contributed by atoms with van der Waals surface area (Å²) in [5.41, 5.74) is -4.86. The molecule has 0 bridgehead atoms. The van der Waals surface area contributed by atoms with Crippen molar-refractivity contribution in [2.75, 3.05) is 5.32 Å². The van der Waals surface area contributed by atoms with Crippen LogP contribution in [0.2, 0.25) is 0 Å². The summed E-state index contributed by atoms with van der Waals surface area (Å²) >= 11 is 0. The number of aryl methyl sites for hydroxylation is 1. The molecular formula is C12H11F3N2O3S. The summed E-state index contributed by atoms with van der Waals surface area (Å²) < 4.78 is 64.7. The molecule has 1 N–H and O–H groups in total. The van der Waals surface area contributed by atoms with E-state index in [-0.39, 0.29) is 6.54 Å². The minimum atomic E-state index is -5.32. The zero-order chi connectivity index (χ0) is 15.7.